The number of benzene rings is 1. The molecule has 0 aromatic heterocycles. The molecule has 6 heteroatoms. The highest BCUT2D eigenvalue weighted by molar-refractivity contribution is 5.96. The fourth-order valence-electron chi connectivity index (χ4n) is 3.98. The van der Waals surface area contributed by atoms with Gasteiger partial charge in [-0.15, -0.1) is 0 Å². The molecule has 134 valence electrons. The van der Waals surface area contributed by atoms with Gasteiger partial charge in [-0.2, -0.15) is 0 Å². The summed E-state index contributed by atoms with van der Waals surface area (Å²) in [5.41, 5.74) is 2.04. The zero-order valence-corrected chi connectivity index (χ0v) is 14.3. The topological polar surface area (TPSA) is 67.9 Å². The number of amides is 2. The second-order valence-electron chi connectivity index (χ2n) is 7.07. The van der Waals surface area contributed by atoms with Gasteiger partial charge in [0.2, 0.25) is 11.8 Å². The molecule has 3 aliphatic heterocycles. The molecule has 1 unspecified atom stereocenters. The predicted molar refractivity (Wildman–Crippen MR) is 91.9 cm³/mol. The van der Waals surface area contributed by atoms with Crippen molar-refractivity contribution in [2.24, 2.45) is 5.92 Å². The summed E-state index contributed by atoms with van der Waals surface area (Å²) in [6.45, 7) is 2.62. The molecule has 0 bridgehead atoms. The Labute approximate surface area is 147 Å². The highest BCUT2D eigenvalue weighted by Gasteiger charge is 2.40. The molecule has 25 heavy (non-hydrogen) atoms. The van der Waals surface area contributed by atoms with Crippen molar-refractivity contribution in [1.82, 2.24) is 4.90 Å². The van der Waals surface area contributed by atoms with E-state index in [4.69, 9.17) is 9.47 Å². The summed E-state index contributed by atoms with van der Waals surface area (Å²) in [7, 11) is 0. The second kappa shape index (κ2) is 6.77. The number of hydrogen-bond acceptors (Lipinski definition) is 4. The summed E-state index contributed by atoms with van der Waals surface area (Å²) in [5, 5.41) is 2.95. The van der Waals surface area contributed by atoms with E-state index >= 15 is 0 Å². The Balaban J connectivity index is 1.28. The molecule has 1 atom stereocenters. The van der Waals surface area contributed by atoms with Crippen LogP contribution < -0.4 is 5.32 Å². The van der Waals surface area contributed by atoms with Gasteiger partial charge < -0.3 is 19.7 Å². The van der Waals surface area contributed by atoms with E-state index in [1.54, 1.807) is 0 Å². The van der Waals surface area contributed by atoms with Gasteiger partial charge in [0.1, 0.15) is 0 Å². The molecule has 0 radical (unpaired) electrons. The molecule has 0 saturated carbocycles. The SMILES string of the molecule is O=C1Nc2ccccc2CC1CCC(=O)N1CCC2(CC1)OCCO2. The summed E-state index contributed by atoms with van der Waals surface area (Å²) in [6.07, 6.45) is 3.18. The van der Waals surface area contributed by atoms with E-state index < -0.39 is 5.79 Å². The van der Waals surface area contributed by atoms with Crippen LogP contribution in [0.2, 0.25) is 0 Å². The predicted octanol–water partition coefficient (Wildman–Crippen LogP) is 1.94. The van der Waals surface area contributed by atoms with Gasteiger partial charge in [-0.25, -0.2) is 0 Å². The van der Waals surface area contributed by atoms with E-state index in [-0.39, 0.29) is 17.7 Å². The van der Waals surface area contributed by atoms with Gasteiger partial charge >= 0.3 is 0 Å². The van der Waals surface area contributed by atoms with Gasteiger partial charge in [-0.05, 0) is 24.5 Å². The monoisotopic (exact) mass is 344 g/mol. The number of piperidine rings is 1. The van der Waals surface area contributed by atoms with Crippen LogP contribution in [0.25, 0.3) is 0 Å². The van der Waals surface area contributed by atoms with Crippen molar-refractivity contribution < 1.29 is 19.1 Å². The molecule has 2 fully saturated rings. The van der Waals surface area contributed by atoms with Gasteiger partial charge in [-0.1, -0.05) is 18.2 Å². The molecule has 4 rings (SSSR count). The molecule has 1 N–H and O–H groups in total. The maximum atomic E-state index is 12.5. The van der Waals surface area contributed by atoms with Crippen LogP contribution in [0.15, 0.2) is 24.3 Å². The van der Waals surface area contributed by atoms with Gasteiger partial charge in [-0.3, -0.25) is 9.59 Å². The maximum absolute atomic E-state index is 12.5. The number of carbonyl (C=O) groups is 2. The van der Waals surface area contributed by atoms with Crippen molar-refractivity contribution >= 4 is 17.5 Å². The number of ether oxygens (including phenoxy) is 2. The Bertz CT molecular complexity index is 659. The van der Waals surface area contributed by atoms with Crippen molar-refractivity contribution in [3.05, 3.63) is 29.8 Å². The quantitative estimate of drug-likeness (QED) is 0.910. The van der Waals surface area contributed by atoms with Crippen LogP contribution in [0.3, 0.4) is 0 Å². The van der Waals surface area contributed by atoms with Crippen LogP contribution in [-0.2, 0) is 25.5 Å². The third-order valence-corrected chi connectivity index (χ3v) is 5.51. The fourth-order valence-corrected chi connectivity index (χ4v) is 3.98. The van der Waals surface area contributed by atoms with E-state index in [9.17, 15) is 9.59 Å². The summed E-state index contributed by atoms with van der Waals surface area (Å²) >= 11 is 0. The van der Waals surface area contributed by atoms with E-state index in [1.165, 1.54) is 0 Å². The van der Waals surface area contributed by atoms with Crippen LogP contribution in [-0.4, -0.2) is 48.8 Å². The first-order chi connectivity index (χ1) is 12.2. The largest absolute Gasteiger partial charge is 0.347 e. The molecule has 3 aliphatic rings. The molecule has 0 aliphatic carbocycles. The smallest absolute Gasteiger partial charge is 0.227 e. The van der Waals surface area contributed by atoms with Gasteiger partial charge in [0.05, 0.1) is 13.2 Å². The number of likely N-dealkylation sites (tertiary alicyclic amines) is 1. The van der Waals surface area contributed by atoms with Gasteiger partial charge in [0.25, 0.3) is 0 Å². The number of fused-ring (bicyclic) bond motifs is 1. The lowest BCUT2D eigenvalue weighted by molar-refractivity contribution is -0.187. The first kappa shape index (κ1) is 16.5. The zero-order valence-electron chi connectivity index (χ0n) is 14.3. The van der Waals surface area contributed by atoms with E-state index in [2.05, 4.69) is 5.32 Å². The minimum absolute atomic E-state index is 0.0249. The normalized spacial score (nSPS) is 24.9. The first-order valence-corrected chi connectivity index (χ1v) is 9.10. The number of rotatable bonds is 3. The van der Waals surface area contributed by atoms with E-state index in [1.807, 2.05) is 29.2 Å². The van der Waals surface area contributed by atoms with Crippen LogP contribution in [0.1, 0.15) is 31.2 Å². The summed E-state index contributed by atoms with van der Waals surface area (Å²) in [4.78, 5) is 26.6. The number of nitrogens with one attached hydrogen (secondary N) is 1. The van der Waals surface area contributed by atoms with Crippen molar-refractivity contribution in [2.75, 3.05) is 31.6 Å². The van der Waals surface area contributed by atoms with Gasteiger partial charge in [0, 0.05) is 44.0 Å². The van der Waals surface area contributed by atoms with Crippen molar-refractivity contribution in [2.45, 2.75) is 37.9 Å². The van der Waals surface area contributed by atoms with Gasteiger partial charge in [0.15, 0.2) is 5.79 Å². The van der Waals surface area contributed by atoms with Crippen molar-refractivity contribution in [3.8, 4) is 0 Å². The number of carbonyl (C=O) groups excluding carboxylic acids is 2. The Kier molecular flexibility index (Phi) is 4.48. The first-order valence-electron chi connectivity index (χ1n) is 9.10. The molecule has 1 aromatic rings. The van der Waals surface area contributed by atoms with Crippen LogP contribution >= 0.6 is 0 Å². The van der Waals surface area contributed by atoms with Crippen molar-refractivity contribution in [3.63, 3.8) is 0 Å². The van der Waals surface area contributed by atoms with Crippen molar-refractivity contribution in [1.29, 1.82) is 0 Å². The lowest BCUT2D eigenvalue weighted by atomic mass is 9.89. The molecule has 2 amide bonds. The Morgan fingerprint density at radius 2 is 1.92 bits per heavy atom. The zero-order chi connectivity index (χ0) is 17.3. The average Bonchev–Trinajstić information content (AvgIpc) is 3.08. The minimum atomic E-state index is -0.455. The Morgan fingerprint density at radius 3 is 2.68 bits per heavy atom. The fraction of sp³-hybridized carbons (Fsp3) is 0.579. The maximum Gasteiger partial charge on any atom is 0.227 e. The summed E-state index contributed by atoms with van der Waals surface area (Å²) in [5.74, 6) is -0.433. The third-order valence-electron chi connectivity index (χ3n) is 5.51. The standard InChI is InChI=1S/C19H24N2O4/c22-17(21-9-7-19(8-10-21)24-11-12-25-19)6-5-15-13-14-3-1-2-4-16(14)20-18(15)23/h1-4,15H,5-13H2,(H,20,23). The van der Waals surface area contributed by atoms with Crippen LogP contribution in [0, 0.1) is 5.92 Å². The van der Waals surface area contributed by atoms with E-state index in [0.717, 1.165) is 24.1 Å². The summed E-state index contributed by atoms with van der Waals surface area (Å²) < 4.78 is 11.4. The number of nitrogens with zero attached hydrogens (tertiary/aromatic N) is 1. The number of hydrogen-bond donors (Lipinski definition) is 1. The lowest BCUT2D eigenvalue weighted by Gasteiger charge is -2.37. The Hall–Kier alpha value is -1.92. The molecule has 2 saturated heterocycles. The highest BCUT2D eigenvalue weighted by atomic mass is 16.7. The molecular formula is C19H24N2O4. The number of anilines is 1. The lowest BCUT2D eigenvalue weighted by Crippen LogP contribution is -2.47. The molecule has 3 heterocycles. The highest BCUT2D eigenvalue weighted by Crippen LogP contribution is 2.32. The molecule has 1 aromatic carbocycles. The second-order valence-corrected chi connectivity index (χ2v) is 7.07. The van der Waals surface area contributed by atoms with Crippen LogP contribution in [0.4, 0.5) is 5.69 Å². The average molecular weight is 344 g/mol. The third kappa shape index (κ3) is 3.41. The minimum Gasteiger partial charge on any atom is -0.347 e. The van der Waals surface area contributed by atoms with E-state index in [0.29, 0.717) is 45.6 Å². The summed E-state index contributed by atoms with van der Waals surface area (Å²) in [6, 6.07) is 7.86. The molecule has 1 spiro atoms. The van der Waals surface area contributed by atoms with Crippen LogP contribution in [0.5, 0.6) is 0 Å². The molecular weight excluding hydrogens is 320 g/mol. The Morgan fingerprint density at radius 1 is 1.20 bits per heavy atom. The number of para-hydroxylation sites is 1. The molecule has 6 nitrogen and oxygen atoms in total.